The van der Waals surface area contributed by atoms with E-state index in [0.717, 1.165) is 0 Å². The lowest BCUT2D eigenvalue weighted by atomic mass is 10.1. The van der Waals surface area contributed by atoms with Crippen LogP contribution < -0.4 is 11.1 Å². The first kappa shape index (κ1) is 14.3. The molecule has 2 amide bonds. The lowest BCUT2D eigenvalue weighted by molar-refractivity contribution is 0.0987. The number of amides is 2. The maximum atomic E-state index is 12.1. The number of benzene rings is 1. The third kappa shape index (κ3) is 2.57. The predicted molar refractivity (Wildman–Crippen MR) is 76.6 cm³/mol. The SMILES string of the molecule is Cc1cccc(NC(=O)c2onc(Br)c2C)c1C(N)=O. The van der Waals surface area contributed by atoms with Gasteiger partial charge >= 0.3 is 0 Å². The Hall–Kier alpha value is -2.15. The van der Waals surface area contributed by atoms with Crippen molar-refractivity contribution in [2.45, 2.75) is 13.8 Å². The Morgan fingerprint density at radius 1 is 1.35 bits per heavy atom. The van der Waals surface area contributed by atoms with Gasteiger partial charge in [-0.3, -0.25) is 9.59 Å². The van der Waals surface area contributed by atoms with Crippen LogP contribution in [0.15, 0.2) is 27.3 Å². The summed E-state index contributed by atoms with van der Waals surface area (Å²) >= 11 is 3.16. The van der Waals surface area contributed by atoms with Crippen LogP contribution in [0, 0.1) is 13.8 Å². The van der Waals surface area contributed by atoms with Crippen LogP contribution in [0.4, 0.5) is 5.69 Å². The van der Waals surface area contributed by atoms with Crippen LogP contribution in [0.1, 0.15) is 32.0 Å². The number of nitrogens with one attached hydrogen (secondary N) is 1. The molecule has 1 aromatic carbocycles. The number of aromatic nitrogens is 1. The molecule has 0 bridgehead atoms. The smallest absolute Gasteiger partial charge is 0.294 e. The molecule has 0 fully saturated rings. The Kier molecular flexibility index (Phi) is 3.89. The summed E-state index contributed by atoms with van der Waals surface area (Å²) in [5, 5.41) is 6.25. The van der Waals surface area contributed by atoms with Crippen molar-refractivity contribution in [1.82, 2.24) is 5.16 Å². The molecule has 0 radical (unpaired) electrons. The number of hydrogen-bond acceptors (Lipinski definition) is 4. The first-order valence-corrected chi connectivity index (χ1v) is 6.53. The number of aryl methyl sites for hydroxylation is 1. The van der Waals surface area contributed by atoms with Gasteiger partial charge in [-0.05, 0) is 41.4 Å². The van der Waals surface area contributed by atoms with E-state index in [2.05, 4.69) is 26.4 Å². The van der Waals surface area contributed by atoms with E-state index in [0.29, 0.717) is 21.4 Å². The van der Waals surface area contributed by atoms with Crippen LogP contribution in [0.5, 0.6) is 0 Å². The lowest BCUT2D eigenvalue weighted by Gasteiger charge is -2.10. The summed E-state index contributed by atoms with van der Waals surface area (Å²) < 4.78 is 5.39. The Balaban J connectivity index is 2.36. The zero-order valence-corrected chi connectivity index (χ0v) is 12.4. The maximum absolute atomic E-state index is 12.1. The monoisotopic (exact) mass is 337 g/mol. The van der Waals surface area contributed by atoms with Gasteiger partial charge in [0.2, 0.25) is 5.76 Å². The normalized spacial score (nSPS) is 10.3. The third-order valence-corrected chi connectivity index (χ3v) is 3.58. The fraction of sp³-hybridized carbons (Fsp3) is 0.154. The van der Waals surface area contributed by atoms with Crippen LogP contribution in [0.25, 0.3) is 0 Å². The molecule has 104 valence electrons. The molecule has 7 heteroatoms. The quantitative estimate of drug-likeness (QED) is 0.898. The van der Waals surface area contributed by atoms with Crippen LogP contribution in [0.3, 0.4) is 0 Å². The number of anilines is 1. The molecule has 0 atom stereocenters. The third-order valence-electron chi connectivity index (χ3n) is 2.84. The topological polar surface area (TPSA) is 98.2 Å². The van der Waals surface area contributed by atoms with Gasteiger partial charge in [-0.1, -0.05) is 17.3 Å². The zero-order chi connectivity index (χ0) is 14.9. The average molecular weight is 338 g/mol. The van der Waals surface area contributed by atoms with Gasteiger partial charge < -0.3 is 15.6 Å². The summed E-state index contributed by atoms with van der Waals surface area (Å²) in [5.41, 5.74) is 7.21. The van der Waals surface area contributed by atoms with Crippen molar-refractivity contribution in [3.05, 3.63) is 45.3 Å². The molecular weight excluding hydrogens is 326 g/mol. The van der Waals surface area contributed by atoms with Crippen molar-refractivity contribution >= 4 is 33.4 Å². The molecule has 0 saturated heterocycles. The highest BCUT2D eigenvalue weighted by Crippen LogP contribution is 2.22. The number of nitrogens with zero attached hydrogens (tertiary/aromatic N) is 1. The number of hydrogen-bond donors (Lipinski definition) is 2. The van der Waals surface area contributed by atoms with E-state index < -0.39 is 11.8 Å². The van der Waals surface area contributed by atoms with Crippen molar-refractivity contribution in [1.29, 1.82) is 0 Å². The second-order valence-electron chi connectivity index (χ2n) is 4.24. The number of rotatable bonds is 3. The molecule has 2 rings (SSSR count). The molecule has 0 spiro atoms. The minimum absolute atomic E-state index is 0.0776. The summed E-state index contributed by atoms with van der Waals surface area (Å²) in [6.45, 7) is 3.44. The Morgan fingerprint density at radius 3 is 2.60 bits per heavy atom. The van der Waals surface area contributed by atoms with Gasteiger partial charge in [-0.2, -0.15) is 0 Å². The number of carbonyl (C=O) groups is 2. The summed E-state index contributed by atoms with van der Waals surface area (Å²) in [5.74, 6) is -1.02. The predicted octanol–water partition coefficient (Wildman–Crippen LogP) is 2.41. The van der Waals surface area contributed by atoms with Crippen LogP contribution >= 0.6 is 15.9 Å². The average Bonchev–Trinajstić information content (AvgIpc) is 2.69. The van der Waals surface area contributed by atoms with Gasteiger partial charge in [0.25, 0.3) is 11.8 Å². The van der Waals surface area contributed by atoms with E-state index in [1.807, 2.05) is 0 Å². The van der Waals surface area contributed by atoms with E-state index >= 15 is 0 Å². The van der Waals surface area contributed by atoms with Gasteiger partial charge in [-0.25, -0.2) is 0 Å². The largest absolute Gasteiger partial charge is 0.366 e. The maximum Gasteiger partial charge on any atom is 0.294 e. The van der Waals surface area contributed by atoms with E-state index in [1.54, 1.807) is 32.0 Å². The summed E-state index contributed by atoms with van der Waals surface area (Å²) in [6.07, 6.45) is 0. The Morgan fingerprint density at radius 2 is 2.05 bits per heavy atom. The van der Waals surface area contributed by atoms with Gasteiger partial charge in [0.15, 0.2) is 4.60 Å². The van der Waals surface area contributed by atoms with Crippen molar-refractivity contribution in [2.24, 2.45) is 5.73 Å². The summed E-state index contributed by atoms with van der Waals surface area (Å²) in [7, 11) is 0. The van der Waals surface area contributed by atoms with Crippen molar-refractivity contribution in [3.8, 4) is 0 Å². The highest BCUT2D eigenvalue weighted by atomic mass is 79.9. The molecule has 1 aromatic heterocycles. The van der Waals surface area contributed by atoms with Crippen molar-refractivity contribution < 1.29 is 14.1 Å². The van der Waals surface area contributed by atoms with Gasteiger partial charge in [0, 0.05) is 5.56 Å². The van der Waals surface area contributed by atoms with Gasteiger partial charge in [0.1, 0.15) is 0 Å². The van der Waals surface area contributed by atoms with E-state index in [-0.39, 0.29) is 11.3 Å². The molecule has 0 aliphatic rings. The molecule has 1 heterocycles. The van der Waals surface area contributed by atoms with Crippen molar-refractivity contribution in [3.63, 3.8) is 0 Å². The molecule has 2 aromatic rings. The molecule has 0 unspecified atom stereocenters. The Labute approximate surface area is 123 Å². The minimum atomic E-state index is -0.603. The first-order chi connectivity index (χ1) is 9.41. The molecule has 0 saturated carbocycles. The molecule has 20 heavy (non-hydrogen) atoms. The molecule has 0 aliphatic carbocycles. The first-order valence-electron chi connectivity index (χ1n) is 5.74. The number of nitrogens with two attached hydrogens (primary N) is 1. The molecule has 3 N–H and O–H groups in total. The van der Waals surface area contributed by atoms with E-state index in [4.69, 9.17) is 10.3 Å². The second-order valence-corrected chi connectivity index (χ2v) is 4.99. The Bertz CT molecular complexity index is 694. The number of carbonyl (C=O) groups excluding carboxylic acids is 2. The summed E-state index contributed by atoms with van der Waals surface area (Å²) in [4.78, 5) is 23.6. The van der Waals surface area contributed by atoms with E-state index in [1.165, 1.54) is 0 Å². The zero-order valence-electron chi connectivity index (χ0n) is 10.9. The number of primary amides is 1. The van der Waals surface area contributed by atoms with Crippen LogP contribution in [-0.2, 0) is 0 Å². The molecule has 6 nitrogen and oxygen atoms in total. The second kappa shape index (κ2) is 5.46. The van der Waals surface area contributed by atoms with Crippen LogP contribution in [0.2, 0.25) is 0 Å². The summed E-state index contributed by atoms with van der Waals surface area (Å²) in [6, 6.07) is 5.07. The molecular formula is C13H12BrN3O3. The fourth-order valence-corrected chi connectivity index (χ4v) is 2.06. The number of halogens is 1. The van der Waals surface area contributed by atoms with Crippen molar-refractivity contribution in [2.75, 3.05) is 5.32 Å². The highest BCUT2D eigenvalue weighted by Gasteiger charge is 2.20. The lowest BCUT2D eigenvalue weighted by Crippen LogP contribution is -2.19. The van der Waals surface area contributed by atoms with Crippen LogP contribution in [-0.4, -0.2) is 17.0 Å². The highest BCUT2D eigenvalue weighted by molar-refractivity contribution is 9.10. The molecule has 0 aliphatic heterocycles. The fourth-order valence-electron chi connectivity index (χ4n) is 1.81. The van der Waals surface area contributed by atoms with Gasteiger partial charge in [0.05, 0.1) is 11.3 Å². The van der Waals surface area contributed by atoms with E-state index in [9.17, 15) is 9.59 Å². The standard InChI is InChI=1S/C13H12BrN3O3/c1-6-4-3-5-8(9(6)12(15)18)16-13(19)10-7(2)11(14)17-20-10/h3-5H,1-2H3,(H2,15,18)(H,16,19). The van der Waals surface area contributed by atoms with Gasteiger partial charge in [-0.15, -0.1) is 0 Å². The minimum Gasteiger partial charge on any atom is -0.366 e.